The third kappa shape index (κ3) is 13.1. The first-order valence-corrected chi connectivity index (χ1v) is 15.2. The van der Waals surface area contributed by atoms with Crippen LogP contribution in [-0.2, 0) is 35.2 Å². The number of carbonyl (C=O) groups is 6. The molecular weight excluding hydrogens is 687 g/mol. The maximum Gasteiger partial charge on any atom is 0.305 e. The number of rotatable bonds is 12. The Morgan fingerprint density at radius 2 is 1.39 bits per heavy atom. The Kier molecular flexibility index (Phi) is 15.3. The molecule has 0 unspecified atom stereocenters. The lowest BCUT2D eigenvalue weighted by Crippen LogP contribution is -2.58. The van der Waals surface area contributed by atoms with Crippen molar-refractivity contribution in [2.75, 3.05) is 19.6 Å². The van der Waals surface area contributed by atoms with Crippen molar-refractivity contribution in [3.05, 3.63) is 33.4 Å². The molecule has 1 aliphatic rings. The number of amides is 5. The zero-order chi connectivity index (χ0) is 32.6. The number of nitrogens with zero attached hydrogens (tertiary/aromatic N) is 1. The second-order valence-corrected chi connectivity index (χ2v) is 11.4. The van der Waals surface area contributed by atoms with Crippen LogP contribution < -0.4 is 43.8 Å². The molecule has 44 heavy (non-hydrogen) atoms. The minimum Gasteiger partial charge on any atom is -0.481 e. The molecule has 17 heteroatoms. The highest BCUT2D eigenvalue weighted by molar-refractivity contribution is 14.1. The van der Waals surface area contributed by atoms with E-state index in [2.05, 4.69) is 54.2 Å². The lowest BCUT2D eigenvalue weighted by atomic mass is 10.0. The Labute approximate surface area is 268 Å². The number of aliphatic imine (C=N–C) groups is 1. The number of carboxylic acids is 1. The summed E-state index contributed by atoms with van der Waals surface area (Å²) in [6, 6.07) is 2.15. The first-order chi connectivity index (χ1) is 20.9. The molecule has 1 aliphatic heterocycles. The molecule has 1 heterocycles. The first kappa shape index (κ1) is 36.2. The SMILES string of the molecule is NCCCC[C@@H]1NC(=O)[C@@H](Cc2ccc([125I])cc2)NC(=O)[C@H](CC(=O)O)NC(=O)CNC(=O)[C@H](CCCN=C(N)N)NC1=O. The number of benzene rings is 1. The van der Waals surface area contributed by atoms with E-state index in [0.717, 1.165) is 3.57 Å². The third-order valence-corrected chi connectivity index (χ3v) is 7.32. The van der Waals surface area contributed by atoms with Crippen LogP contribution in [0.25, 0.3) is 0 Å². The van der Waals surface area contributed by atoms with Gasteiger partial charge < -0.3 is 48.9 Å². The summed E-state index contributed by atoms with van der Waals surface area (Å²) >= 11 is 2.12. The number of carbonyl (C=O) groups excluding carboxylic acids is 5. The summed E-state index contributed by atoms with van der Waals surface area (Å²) in [5, 5.41) is 21.9. The highest BCUT2D eigenvalue weighted by Crippen LogP contribution is 2.11. The summed E-state index contributed by atoms with van der Waals surface area (Å²) in [5.41, 5.74) is 17.0. The average Bonchev–Trinajstić information content (AvgIpc) is 2.96. The molecule has 1 aromatic carbocycles. The van der Waals surface area contributed by atoms with Gasteiger partial charge in [-0.05, 0) is 78.9 Å². The van der Waals surface area contributed by atoms with E-state index in [-0.39, 0.29) is 31.8 Å². The van der Waals surface area contributed by atoms with E-state index in [1.165, 1.54) is 0 Å². The van der Waals surface area contributed by atoms with E-state index in [1.807, 2.05) is 12.1 Å². The van der Waals surface area contributed by atoms with Crippen molar-refractivity contribution in [1.29, 1.82) is 0 Å². The second kappa shape index (κ2) is 18.6. The minimum absolute atomic E-state index is 0.00677. The molecule has 242 valence electrons. The monoisotopic (exact) mass is 727 g/mol. The molecule has 12 N–H and O–H groups in total. The molecule has 1 aromatic rings. The van der Waals surface area contributed by atoms with Gasteiger partial charge in [0, 0.05) is 16.5 Å². The molecular formula is C27H40IN9O7. The summed E-state index contributed by atoms with van der Waals surface area (Å²) in [6.45, 7) is -0.0781. The molecule has 0 saturated carbocycles. The molecule has 0 bridgehead atoms. The van der Waals surface area contributed by atoms with Gasteiger partial charge in [-0.25, -0.2) is 0 Å². The smallest absolute Gasteiger partial charge is 0.305 e. The predicted octanol–water partition coefficient (Wildman–Crippen LogP) is -2.44. The fraction of sp³-hybridized carbons (Fsp3) is 0.519. The molecule has 4 atom stereocenters. The number of nitrogens with two attached hydrogens (primary N) is 3. The molecule has 0 radical (unpaired) electrons. The van der Waals surface area contributed by atoms with Crippen LogP contribution in [0.2, 0.25) is 0 Å². The zero-order valence-electron chi connectivity index (χ0n) is 24.1. The van der Waals surface area contributed by atoms with Crippen LogP contribution in [0, 0.1) is 3.57 Å². The molecule has 16 nitrogen and oxygen atoms in total. The van der Waals surface area contributed by atoms with E-state index >= 15 is 0 Å². The van der Waals surface area contributed by atoms with Gasteiger partial charge in [0.15, 0.2) is 5.96 Å². The number of halogens is 1. The maximum absolute atomic E-state index is 13.6. The first-order valence-electron chi connectivity index (χ1n) is 14.1. The van der Waals surface area contributed by atoms with Gasteiger partial charge in [-0.15, -0.1) is 0 Å². The van der Waals surface area contributed by atoms with Crippen LogP contribution in [0.15, 0.2) is 29.3 Å². The molecule has 1 fully saturated rings. The number of hydrogen-bond donors (Lipinski definition) is 9. The summed E-state index contributed by atoms with van der Waals surface area (Å²) in [7, 11) is 0. The number of unbranched alkanes of at least 4 members (excludes halogenated alkanes) is 1. The van der Waals surface area contributed by atoms with Crippen LogP contribution in [-0.4, -0.2) is 90.4 Å². The van der Waals surface area contributed by atoms with Gasteiger partial charge in [-0.3, -0.25) is 33.8 Å². The Balaban J connectivity index is 2.45. The van der Waals surface area contributed by atoms with Crippen LogP contribution in [0.3, 0.4) is 0 Å². The highest BCUT2D eigenvalue weighted by Gasteiger charge is 2.33. The number of aliphatic carboxylic acids is 1. The zero-order valence-corrected chi connectivity index (χ0v) is 26.3. The van der Waals surface area contributed by atoms with Gasteiger partial charge in [0.25, 0.3) is 0 Å². The summed E-state index contributed by atoms with van der Waals surface area (Å²) < 4.78 is 0.943. The van der Waals surface area contributed by atoms with Crippen LogP contribution in [0.1, 0.15) is 44.1 Å². The molecule has 0 aliphatic carbocycles. The number of guanidine groups is 1. The van der Waals surface area contributed by atoms with Crippen LogP contribution in [0.5, 0.6) is 0 Å². The Morgan fingerprint density at radius 3 is 2.00 bits per heavy atom. The number of nitrogens with one attached hydrogen (secondary N) is 5. The third-order valence-electron chi connectivity index (χ3n) is 6.60. The van der Waals surface area contributed by atoms with Crippen molar-refractivity contribution in [2.24, 2.45) is 22.2 Å². The molecule has 0 spiro atoms. The average molecular weight is 728 g/mol. The van der Waals surface area contributed by atoms with E-state index < -0.39 is 72.6 Å². The van der Waals surface area contributed by atoms with Gasteiger partial charge in [-0.1, -0.05) is 12.1 Å². The lowest BCUT2D eigenvalue weighted by molar-refractivity contribution is -0.141. The Bertz CT molecular complexity index is 1210. The van der Waals surface area contributed by atoms with Crippen molar-refractivity contribution in [3.63, 3.8) is 0 Å². The normalized spacial score (nSPS) is 21.8. The highest BCUT2D eigenvalue weighted by atomic mass is 125. The fourth-order valence-corrected chi connectivity index (χ4v) is 4.70. The standard InChI is InChI=1S/C27H40IN9O7/c28-16-8-6-15(7-9-16)12-19-25(43)36-18(4-1-2-10-29)24(42)35-17(5-3-11-32-27(30)31)23(41)33-14-21(38)34-20(13-22(39)40)26(44)37-19/h6-9,17-20H,1-5,10-14,29H2,(H,33,41)(H,34,38)(H,35,42)(H,36,43)(H,37,44)(H,39,40)(H4,30,31,32)/t17-,18-,19+,20-/m0/s1/i28-2. The van der Waals surface area contributed by atoms with Gasteiger partial charge in [-0.2, -0.15) is 0 Å². The van der Waals surface area contributed by atoms with Crippen LogP contribution in [0.4, 0.5) is 0 Å². The number of carboxylic acid groups (broad SMARTS) is 1. The summed E-state index contributed by atoms with van der Waals surface area (Å²) in [5.74, 6) is -5.36. The van der Waals surface area contributed by atoms with Gasteiger partial charge in [0.2, 0.25) is 29.5 Å². The minimum atomic E-state index is -1.55. The fourth-order valence-electron chi connectivity index (χ4n) is 4.34. The van der Waals surface area contributed by atoms with Gasteiger partial charge in [0.05, 0.1) is 13.0 Å². The van der Waals surface area contributed by atoms with Crippen molar-refractivity contribution in [2.45, 2.75) is 69.1 Å². The molecule has 5 amide bonds. The molecule has 2 rings (SSSR count). The maximum atomic E-state index is 13.6. The second-order valence-electron chi connectivity index (χ2n) is 10.2. The topological polar surface area (TPSA) is 273 Å². The molecule has 1 saturated heterocycles. The van der Waals surface area contributed by atoms with E-state index in [1.54, 1.807) is 12.1 Å². The van der Waals surface area contributed by atoms with Crippen molar-refractivity contribution in [1.82, 2.24) is 26.6 Å². The summed E-state index contributed by atoms with van der Waals surface area (Å²) in [4.78, 5) is 81.4. The van der Waals surface area contributed by atoms with Crippen molar-refractivity contribution >= 4 is 64.1 Å². The van der Waals surface area contributed by atoms with Gasteiger partial charge >= 0.3 is 5.97 Å². The number of hydrogen-bond acceptors (Lipinski definition) is 8. The van der Waals surface area contributed by atoms with Crippen molar-refractivity contribution < 1.29 is 33.9 Å². The quantitative estimate of drug-likeness (QED) is 0.0475. The Morgan fingerprint density at radius 1 is 0.818 bits per heavy atom. The largest absolute Gasteiger partial charge is 0.481 e. The van der Waals surface area contributed by atoms with Crippen LogP contribution >= 0.6 is 22.6 Å². The van der Waals surface area contributed by atoms with E-state index in [9.17, 15) is 33.9 Å². The van der Waals surface area contributed by atoms with E-state index in [4.69, 9.17) is 17.2 Å². The van der Waals surface area contributed by atoms with E-state index in [0.29, 0.717) is 31.4 Å². The molecule has 0 aromatic heterocycles. The summed E-state index contributed by atoms with van der Waals surface area (Å²) in [6.07, 6.45) is 0.841. The Hall–Kier alpha value is -4.00. The predicted molar refractivity (Wildman–Crippen MR) is 169 cm³/mol. The van der Waals surface area contributed by atoms with Gasteiger partial charge in [0.1, 0.15) is 24.2 Å². The lowest BCUT2D eigenvalue weighted by Gasteiger charge is -2.26. The van der Waals surface area contributed by atoms with Crippen molar-refractivity contribution in [3.8, 4) is 0 Å².